The second-order valence-electron chi connectivity index (χ2n) is 3.39. The number of hydrogen-bond acceptors (Lipinski definition) is 4. The van der Waals surface area contributed by atoms with E-state index in [0.29, 0.717) is 13.0 Å². The Morgan fingerprint density at radius 2 is 2.36 bits per heavy atom. The monoisotopic (exact) mass is 202 g/mol. The van der Waals surface area contributed by atoms with E-state index in [1.165, 1.54) is 0 Å². The molecule has 0 saturated carbocycles. The summed E-state index contributed by atoms with van der Waals surface area (Å²) >= 11 is 0. The quantitative estimate of drug-likeness (QED) is 0.682. The molecule has 1 aliphatic rings. The molecule has 4 atom stereocenters. The Balaban J connectivity index is 2.53. The van der Waals surface area contributed by atoms with Crippen LogP contribution in [0.4, 0.5) is 0 Å². The zero-order valence-corrected chi connectivity index (χ0v) is 8.68. The number of aliphatic hydroxyl groups is 1. The SMILES string of the molecule is C=CCO[C@@H]1[C@@H](C)O[C@@H](O)C[C@H]1OC. The molecule has 14 heavy (non-hydrogen) atoms. The third-order valence-corrected chi connectivity index (χ3v) is 2.34. The Kier molecular flexibility index (Phi) is 4.54. The summed E-state index contributed by atoms with van der Waals surface area (Å²) in [6.07, 6.45) is 0.963. The molecule has 0 amide bonds. The molecule has 82 valence electrons. The van der Waals surface area contributed by atoms with Crippen LogP contribution in [0.5, 0.6) is 0 Å². The van der Waals surface area contributed by atoms with Crippen molar-refractivity contribution in [3.63, 3.8) is 0 Å². The van der Waals surface area contributed by atoms with E-state index in [2.05, 4.69) is 6.58 Å². The van der Waals surface area contributed by atoms with Crippen LogP contribution in [0.15, 0.2) is 12.7 Å². The summed E-state index contributed by atoms with van der Waals surface area (Å²) in [6, 6.07) is 0. The van der Waals surface area contributed by atoms with Gasteiger partial charge in [-0.2, -0.15) is 0 Å². The summed E-state index contributed by atoms with van der Waals surface area (Å²) in [7, 11) is 1.61. The molecule has 1 fully saturated rings. The maximum Gasteiger partial charge on any atom is 0.157 e. The topological polar surface area (TPSA) is 47.9 Å². The summed E-state index contributed by atoms with van der Waals surface area (Å²) < 4.78 is 16.0. The maximum atomic E-state index is 9.35. The van der Waals surface area contributed by atoms with Crippen molar-refractivity contribution in [1.82, 2.24) is 0 Å². The maximum absolute atomic E-state index is 9.35. The molecule has 1 saturated heterocycles. The number of rotatable bonds is 4. The van der Waals surface area contributed by atoms with Gasteiger partial charge in [0, 0.05) is 13.5 Å². The molecule has 0 unspecified atom stereocenters. The van der Waals surface area contributed by atoms with Crippen LogP contribution in [0.1, 0.15) is 13.3 Å². The van der Waals surface area contributed by atoms with Gasteiger partial charge in [0.2, 0.25) is 0 Å². The van der Waals surface area contributed by atoms with E-state index in [-0.39, 0.29) is 18.3 Å². The molecule has 0 bridgehead atoms. The molecule has 1 aliphatic heterocycles. The van der Waals surface area contributed by atoms with Gasteiger partial charge in [-0.05, 0) is 6.92 Å². The van der Waals surface area contributed by atoms with E-state index in [1.807, 2.05) is 6.92 Å². The fourth-order valence-electron chi connectivity index (χ4n) is 1.67. The van der Waals surface area contributed by atoms with Crippen LogP contribution in [0, 0.1) is 0 Å². The third-order valence-electron chi connectivity index (χ3n) is 2.34. The molecule has 1 N–H and O–H groups in total. The number of aliphatic hydroxyl groups excluding tert-OH is 1. The first-order chi connectivity index (χ1) is 6.69. The van der Waals surface area contributed by atoms with Crippen molar-refractivity contribution in [3.05, 3.63) is 12.7 Å². The Morgan fingerprint density at radius 1 is 1.64 bits per heavy atom. The standard InChI is InChI=1S/C10H18O4/c1-4-5-13-10-7(2)14-9(11)6-8(10)12-3/h4,7-11H,1,5-6H2,2-3H3/t7-,8-,9-,10-/m1/s1. The van der Waals surface area contributed by atoms with E-state index in [1.54, 1.807) is 13.2 Å². The van der Waals surface area contributed by atoms with Crippen LogP contribution in [-0.2, 0) is 14.2 Å². The Hall–Kier alpha value is -0.420. The van der Waals surface area contributed by atoms with Crippen molar-refractivity contribution in [1.29, 1.82) is 0 Å². The molecule has 0 aromatic rings. The molecule has 0 spiro atoms. The smallest absolute Gasteiger partial charge is 0.157 e. The van der Waals surface area contributed by atoms with Crippen molar-refractivity contribution in [2.75, 3.05) is 13.7 Å². The van der Waals surface area contributed by atoms with Crippen molar-refractivity contribution in [2.45, 2.75) is 37.9 Å². The minimum atomic E-state index is -0.751. The van der Waals surface area contributed by atoms with E-state index in [9.17, 15) is 5.11 Å². The molecule has 4 heteroatoms. The van der Waals surface area contributed by atoms with Gasteiger partial charge in [-0.15, -0.1) is 6.58 Å². The van der Waals surface area contributed by atoms with Gasteiger partial charge in [0.15, 0.2) is 6.29 Å². The second-order valence-corrected chi connectivity index (χ2v) is 3.39. The van der Waals surface area contributed by atoms with Gasteiger partial charge in [0.25, 0.3) is 0 Å². The van der Waals surface area contributed by atoms with Crippen LogP contribution in [0.2, 0.25) is 0 Å². The molecular weight excluding hydrogens is 184 g/mol. The zero-order valence-electron chi connectivity index (χ0n) is 8.68. The van der Waals surface area contributed by atoms with Gasteiger partial charge in [-0.1, -0.05) is 6.08 Å². The van der Waals surface area contributed by atoms with Crippen molar-refractivity contribution < 1.29 is 19.3 Å². The molecule has 0 aromatic carbocycles. The first kappa shape index (κ1) is 11.7. The highest BCUT2D eigenvalue weighted by Gasteiger charge is 2.36. The van der Waals surface area contributed by atoms with Gasteiger partial charge in [0.1, 0.15) is 6.10 Å². The lowest BCUT2D eigenvalue weighted by molar-refractivity contribution is -0.240. The highest BCUT2D eigenvalue weighted by atomic mass is 16.6. The highest BCUT2D eigenvalue weighted by Crippen LogP contribution is 2.23. The summed E-state index contributed by atoms with van der Waals surface area (Å²) in [5.41, 5.74) is 0. The molecule has 1 rings (SSSR count). The first-order valence-electron chi connectivity index (χ1n) is 4.77. The van der Waals surface area contributed by atoms with Crippen LogP contribution < -0.4 is 0 Å². The lowest BCUT2D eigenvalue weighted by Crippen LogP contribution is -2.49. The largest absolute Gasteiger partial charge is 0.378 e. The number of hydrogen-bond donors (Lipinski definition) is 1. The van der Waals surface area contributed by atoms with E-state index >= 15 is 0 Å². The lowest BCUT2D eigenvalue weighted by atomic mass is 10.0. The fraction of sp³-hybridized carbons (Fsp3) is 0.800. The average Bonchev–Trinajstić information content (AvgIpc) is 2.15. The van der Waals surface area contributed by atoms with Crippen molar-refractivity contribution in [2.24, 2.45) is 0 Å². The number of methoxy groups -OCH3 is 1. The third kappa shape index (κ3) is 2.78. The van der Waals surface area contributed by atoms with Gasteiger partial charge in [0.05, 0.1) is 18.8 Å². The molecule has 0 aromatic heterocycles. The molecule has 4 nitrogen and oxygen atoms in total. The second kappa shape index (κ2) is 5.46. The van der Waals surface area contributed by atoms with Crippen molar-refractivity contribution in [3.8, 4) is 0 Å². The highest BCUT2D eigenvalue weighted by molar-refractivity contribution is 4.83. The van der Waals surface area contributed by atoms with Crippen molar-refractivity contribution >= 4 is 0 Å². The van der Waals surface area contributed by atoms with E-state index in [4.69, 9.17) is 14.2 Å². The molecular formula is C10H18O4. The first-order valence-corrected chi connectivity index (χ1v) is 4.77. The van der Waals surface area contributed by atoms with Crippen LogP contribution >= 0.6 is 0 Å². The van der Waals surface area contributed by atoms with Crippen LogP contribution in [0.25, 0.3) is 0 Å². The van der Waals surface area contributed by atoms with Crippen LogP contribution in [-0.4, -0.2) is 43.4 Å². The summed E-state index contributed by atoms with van der Waals surface area (Å²) in [5.74, 6) is 0. The fourth-order valence-corrected chi connectivity index (χ4v) is 1.67. The number of ether oxygens (including phenoxy) is 3. The molecule has 0 radical (unpaired) electrons. The van der Waals surface area contributed by atoms with E-state index in [0.717, 1.165) is 0 Å². The summed E-state index contributed by atoms with van der Waals surface area (Å²) in [5, 5.41) is 9.35. The Bertz CT molecular complexity index is 183. The summed E-state index contributed by atoms with van der Waals surface area (Å²) in [4.78, 5) is 0. The average molecular weight is 202 g/mol. The molecule has 1 heterocycles. The van der Waals surface area contributed by atoms with Crippen LogP contribution in [0.3, 0.4) is 0 Å². The lowest BCUT2D eigenvalue weighted by Gasteiger charge is -2.37. The van der Waals surface area contributed by atoms with Gasteiger partial charge >= 0.3 is 0 Å². The zero-order chi connectivity index (χ0) is 10.6. The van der Waals surface area contributed by atoms with Gasteiger partial charge < -0.3 is 19.3 Å². The minimum absolute atomic E-state index is 0.117. The Morgan fingerprint density at radius 3 is 2.93 bits per heavy atom. The normalized spacial score (nSPS) is 38.2. The minimum Gasteiger partial charge on any atom is -0.378 e. The molecule has 0 aliphatic carbocycles. The Labute approximate surface area is 84.5 Å². The summed E-state index contributed by atoms with van der Waals surface area (Å²) in [6.45, 7) is 5.91. The van der Waals surface area contributed by atoms with Gasteiger partial charge in [-0.25, -0.2) is 0 Å². The predicted octanol–water partition coefficient (Wildman–Crippen LogP) is 0.700. The van der Waals surface area contributed by atoms with Gasteiger partial charge in [-0.3, -0.25) is 0 Å². The van der Waals surface area contributed by atoms with E-state index < -0.39 is 6.29 Å². The predicted molar refractivity (Wildman–Crippen MR) is 51.9 cm³/mol.